The first-order valence-electron chi connectivity index (χ1n) is 12.3. The molecule has 4 rings (SSSR count). The largest absolute Gasteiger partial charge is 0.481 e. The van der Waals surface area contributed by atoms with Crippen molar-refractivity contribution in [1.29, 1.82) is 0 Å². The summed E-state index contributed by atoms with van der Waals surface area (Å²) < 4.78 is 5.64. The lowest BCUT2D eigenvalue weighted by Crippen LogP contribution is -2.52. The van der Waals surface area contributed by atoms with Gasteiger partial charge in [0, 0.05) is 12.0 Å². The molecule has 0 aliphatic heterocycles. The highest BCUT2D eigenvalue weighted by Crippen LogP contribution is 2.44. The van der Waals surface area contributed by atoms with Crippen molar-refractivity contribution in [3.8, 4) is 11.1 Å². The van der Waals surface area contributed by atoms with Crippen LogP contribution in [0.25, 0.3) is 11.1 Å². The zero-order valence-corrected chi connectivity index (χ0v) is 20.5. The van der Waals surface area contributed by atoms with Crippen molar-refractivity contribution in [3.05, 3.63) is 59.7 Å². The molecule has 0 radical (unpaired) electrons. The van der Waals surface area contributed by atoms with Crippen molar-refractivity contribution in [2.24, 2.45) is 11.3 Å². The van der Waals surface area contributed by atoms with Gasteiger partial charge in [-0.25, -0.2) is 4.79 Å². The van der Waals surface area contributed by atoms with Crippen molar-refractivity contribution >= 4 is 18.0 Å². The first kappa shape index (κ1) is 24.8. The summed E-state index contributed by atoms with van der Waals surface area (Å²) in [5, 5.41) is 14.8. The van der Waals surface area contributed by atoms with E-state index in [0.29, 0.717) is 6.42 Å². The zero-order chi connectivity index (χ0) is 25.2. The van der Waals surface area contributed by atoms with E-state index in [2.05, 4.69) is 34.9 Å². The van der Waals surface area contributed by atoms with Crippen LogP contribution in [-0.4, -0.2) is 41.8 Å². The lowest BCUT2D eigenvalue weighted by molar-refractivity contribution is -0.138. The van der Waals surface area contributed by atoms with Crippen LogP contribution in [0.5, 0.6) is 0 Å². The number of rotatable bonds is 9. The van der Waals surface area contributed by atoms with Gasteiger partial charge in [-0.15, -0.1) is 0 Å². The molecule has 1 saturated carbocycles. The number of nitrogens with one attached hydrogen (secondary N) is 2. The van der Waals surface area contributed by atoms with Gasteiger partial charge in [0.2, 0.25) is 5.91 Å². The van der Waals surface area contributed by atoms with E-state index in [1.165, 1.54) is 0 Å². The molecule has 186 valence electrons. The smallest absolute Gasteiger partial charge is 0.407 e. The molecular formula is C28H34N2O5. The Morgan fingerprint density at radius 1 is 0.971 bits per heavy atom. The predicted molar refractivity (Wildman–Crippen MR) is 133 cm³/mol. The number of aliphatic carboxylic acids is 1. The fourth-order valence-corrected chi connectivity index (χ4v) is 4.91. The van der Waals surface area contributed by atoms with Gasteiger partial charge in [0.05, 0.1) is 6.42 Å². The van der Waals surface area contributed by atoms with Crippen molar-refractivity contribution in [2.75, 3.05) is 6.61 Å². The summed E-state index contributed by atoms with van der Waals surface area (Å²) in [6, 6.07) is 15.0. The molecule has 2 aromatic rings. The Balaban J connectivity index is 1.42. The minimum absolute atomic E-state index is 0.0714. The van der Waals surface area contributed by atoms with E-state index in [1.54, 1.807) is 0 Å². The number of carboxylic acid groups (broad SMARTS) is 1. The van der Waals surface area contributed by atoms with Crippen LogP contribution >= 0.6 is 0 Å². The summed E-state index contributed by atoms with van der Waals surface area (Å²) in [7, 11) is 0. The van der Waals surface area contributed by atoms with E-state index in [4.69, 9.17) is 4.74 Å². The molecule has 3 N–H and O–H groups in total. The second-order valence-electron chi connectivity index (χ2n) is 10.8. The minimum atomic E-state index is -0.945. The van der Waals surface area contributed by atoms with Gasteiger partial charge in [0.1, 0.15) is 12.6 Å². The normalized spacial score (nSPS) is 16.5. The van der Waals surface area contributed by atoms with Crippen LogP contribution in [0.15, 0.2) is 48.5 Å². The molecule has 0 aromatic heterocycles. The van der Waals surface area contributed by atoms with E-state index in [9.17, 15) is 19.5 Å². The highest BCUT2D eigenvalue weighted by molar-refractivity contribution is 5.86. The fraction of sp³-hybridized carbons (Fsp3) is 0.464. The average Bonchev–Trinajstić information content (AvgIpc) is 3.59. The number of benzene rings is 2. The standard InChI is InChI=1S/C28H34N2O5/c1-28(2,3)15-24(26(33)29-23(14-25(31)32)17-12-13-17)30-27(34)35-16-22-20-10-6-4-8-18(20)19-9-5-7-11-21(19)22/h4-11,17,22-24H,12-16H2,1-3H3,(H,29,33)(H,30,34)(H,31,32). The van der Waals surface area contributed by atoms with Crippen LogP contribution in [0, 0.1) is 11.3 Å². The summed E-state index contributed by atoms with van der Waals surface area (Å²) >= 11 is 0. The third kappa shape index (κ3) is 6.21. The van der Waals surface area contributed by atoms with Crippen LogP contribution in [0.2, 0.25) is 0 Å². The molecule has 7 nitrogen and oxygen atoms in total. The number of amides is 2. The van der Waals surface area contributed by atoms with Gasteiger partial charge < -0.3 is 20.5 Å². The third-order valence-corrected chi connectivity index (χ3v) is 6.68. The number of carbonyl (C=O) groups excluding carboxylic acids is 2. The summed E-state index contributed by atoms with van der Waals surface area (Å²) in [6.45, 7) is 6.13. The number of ether oxygens (including phenoxy) is 1. The number of hydrogen-bond acceptors (Lipinski definition) is 4. The molecule has 0 heterocycles. The van der Waals surface area contributed by atoms with Gasteiger partial charge in [-0.2, -0.15) is 0 Å². The molecule has 2 aliphatic carbocycles. The van der Waals surface area contributed by atoms with Crippen LogP contribution < -0.4 is 10.6 Å². The molecule has 35 heavy (non-hydrogen) atoms. The first-order valence-corrected chi connectivity index (χ1v) is 12.3. The second kappa shape index (κ2) is 10.1. The maximum Gasteiger partial charge on any atom is 0.407 e. The molecule has 0 saturated heterocycles. The topological polar surface area (TPSA) is 105 Å². The Morgan fingerprint density at radius 2 is 1.54 bits per heavy atom. The van der Waals surface area contributed by atoms with Gasteiger partial charge in [0.25, 0.3) is 0 Å². The molecule has 0 bridgehead atoms. The van der Waals surface area contributed by atoms with Gasteiger partial charge in [-0.05, 0) is 52.8 Å². The van der Waals surface area contributed by atoms with E-state index >= 15 is 0 Å². The molecule has 2 aromatic carbocycles. The highest BCUT2D eigenvalue weighted by Gasteiger charge is 2.36. The van der Waals surface area contributed by atoms with Crippen molar-refractivity contribution in [3.63, 3.8) is 0 Å². The van der Waals surface area contributed by atoms with Crippen LogP contribution in [0.3, 0.4) is 0 Å². The van der Waals surface area contributed by atoms with Crippen molar-refractivity contribution < 1.29 is 24.2 Å². The van der Waals surface area contributed by atoms with E-state index < -0.39 is 24.1 Å². The Morgan fingerprint density at radius 3 is 2.06 bits per heavy atom. The lowest BCUT2D eigenvalue weighted by Gasteiger charge is -2.28. The summed E-state index contributed by atoms with van der Waals surface area (Å²) in [5.74, 6) is -1.21. The molecule has 2 aliphatic rings. The SMILES string of the molecule is CC(C)(C)CC(NC(=O)OCC1c2ccccc2-c2ccccc21)C(=O)NC(CC(=O)O)C1CC1. The summed E-state index contributed by atoms with van der Waals surface area (Å²) in [4.78, 5) is 37.2. The van der Waals surface area contributed by atoms with Crippen LogP contribution in [0.4, 0.5) is 4.79 Å². The molecule has 7 heteroatoms. The maximum atomic E-state index is 13.1. The maximum absolute atomic E-state index is 13.1. The number of hydrogen-bond donors (Lipinski definition) is 3. The number of fused-ring (bicyclic) bond motifs is 3. The Labute approximate surface area is 206 Å². The van der Waals surface area contributed by atoms with E-state index in [-0.39, 0.29) is 36.2 Å². The van der Waals surface area contributed by atoms with Crippen LogP contribution in [0.1, 0.15) is 63.5 Å². The minimum Gasteiger partial charge on any atom is -0.481 e. The summed E-state index contributed by atoms with van der Waals surface area (Å²) in [5.41, 5.74) is 4.29. The number of carbonyl (C=O) groups is 3. The Kier molecular flexibility index (Phi) is 7.15. The Hall–Kier alpha value is -3.35. The lowest BCUT2D eigenvalue weighted by atomic mass is 9.87. The first-order chi connectivity index (χ1) is 16.6. The predicted octanol–water partition coefficient (Wildman–Crippen LogP) is 4.70. The molecule has 2 unspecified atom stereocenters. The van der Waals surface area contributed by atoms with E-state index in [0.717, 1.165) is 35.1 Å². The molecule has 1 fully saturated rings. The molecule has 2 amide bonds. The van der Waals surface area contributed by atoms with E-state index in [1.807, 2.05) is 45.0 Å². The third-order valence-electron chi connectivity index (χ3n) is 6.68. The number of alkyl carbamates (subject to hydrolysis) is 1. The average molecular weight is 479 g/mol. The van der Waals surface area contributed by atoms with Crippen molar-refractivity contribution in [1.82, 2.24) is 10.6 Å². The monoisotopic (exact) mass is 478 g/mol. The Bertz CT molecular complexity index is 1060. The van der Waals surface area contributed by atoms with Gasteiger partial charge in [-0.3, -0.25) is 9.59 Å². The second-order valence-corrected chi connectivity index (χ2v) is 10.8. The van der Waals surface area contributed by atoms with Gasteiger partial charge in [-0.1, -0.05) is 69.3 Å². The molecular weight excluding hydrogens is 444 g/mol. The highest BCUT2D eigenvalue weighted by atomic mass is 16.5. The van der Waals surface area contributed by atoms with Gasteiger partial charge in [0.15, 0.2) is 0 Å². The molecule has 2 atom stereocenters. The fourth-order valence-electron chi connectivity index (χ4n) is 4.91. The molecule has 0 spiro atoms. The van der Waals surface area contributed by atoms with Crippen LogP contribution in [-0.2, 0) is 14.3 Å². The number of carboxylic acids is 1. The quantitative estimate of drug-likeness (QED) is 0.485. The van der Waals surface area contributed by atoms with Gasteiger partial charge >= 0.3 is 12.1 Å². The zero-order valence-electron chi connectivity index (χ0n) is 20.5. The van der Waals surface area contributed by atoms with Crippen molar-refractivity contribution in [2.45, 2.75) is 64.5 Å². The summed E-state index contributed by atoms with van der Waals surface area (Å²) in [6.07, 6.45) is 1.43.